The van der Waals surface area contributed by atoms with Gasteiger partial charge in [0, 0.05) is 43.1 Å². The van der Waals surface area contributed by atoms with Gasteiger partial charge in [-0.1, -0.05) is 48.0 Å². The van der Waals surface area contributed by atoms with Crippen LogP contribution in [0.25, 0.3) is 0 Å². The van der Waals surface area contributed by atoms with Crippen LogP contribution >= 0.6 is 11.6 Å². The number of amides is 2. The van der Waals surface area contributed by atoms with Crippen LogP contribution in [0.1, 0.15) is 34.3 Å². The zero-order valence-electron chi connectivity index (χ0n) is 20.4. The van der Waals surface area contributed by atoms with Crippen LogP contribution in [0.5, 0.6) is 11.5 Å². The van der Waals surface area contributed by atoms with E-state index >= 15 is 0 Å². The van der Waals surface area contributed by atoms with Crippen LogP contribution in [0.15, 0.2) is 72.8 Å². The van der Waals surface area contributed by atoms with Crippen LogP contribution in [-0.2, 0) is 17.8 Å². The standard InChI is InChI=1S/C29H28ClN3O4/c30-23-9-7-22(8-10-23)27(34)32-14-12-29(13-15-32)31-24(16-20-4-2-1-3-5-20)28(35)33(29)18-21-6-11-25-26(17-21)37-19-36-25/h1-11,17,24,31H,12-16,18-19H2. The van der Waals surface area contributed by atoms with Crippen molar-refractivity contribution in [1.82, 2.24) is 15.1 Å². The van der Waals surface area contributed by atoms with E-state index in [-0.39, 0.29) is 24.6 Å². The molecule has 3 aliphatic rings. The summed E-state index contributed by atoms with van der Waals surface area (Å²) in [5.41, 5.74) is 2.20. The van der Waals surface area contributed by atoms with Gasteiger partial charge in [0.15, 0.2) is 11.5 Å². The van der Waals surface area contributed by atoms with Crippen molar-refractivity contribution in [3.05, 3.63) is 94.5 Å². The van der Waals surface area contributed by atoms with Gasteiger partial charge in [0.05, 0.1) is 11.7 Å². The zero-order valence-corrected chi connectivity index (χ0v) is 21.1. The van der Waals surface area contributed by atoms with Gasteiger partial charge in [0.25, 0.3) is 5.91 Å². The third-order valence-corrected chi connectivity index (χ3v) is 7.80. The van der Waals surface area contributed by atoms with Crippen LogP contribution in [0.2, 0.25) is 5.02 Å². The highest BCUT2D eigenvalue weighted by molar-refractivity contribution is 6.30. The van der Waals surface area contributed by atoms with E-state index in [4.69, 9.17) is 21.1 Å². The number of benzene rings is 3. The van der Waals surface area contributed by atoms with Gasteiger partial charge in [-0.3, -0.25) is 14.9 Å². The molecule has 3 heterocycles. The molecule has 8 heteroatoms. The van der Waals surface area contributed by atoms with Crippen LogP contribution in [-0.4, -0.2) is 53.2 Å². The molecule has 3 aromatic carbocycles. The normalized spacial score (nSPS) is 20.0. The van der Waals surface area contributed by atoms with Gasteiger partial charge in [-0.15, -0.1) is 0 Å². The van der Waals surface area contributed by atoms with Gasteiger partial charge in [-0.25, -0.2) is 0 Å². The first kappa shape index (κ1) is 23.8. The second-order valence-corrected chi connectivity index (χ2v) is 10.3. The third kappa shape index (κ3) is 4.65. The Balaban J connectivity index is 1.23. The van der Waals surface area contributed by atoms with E-state index in [1.54, 1.807) is 24.3 Å². The minimum atomic E-state index is -0.524. The number of ether oxygens (including phenoxy) is 2. The number of hydrogen-bond donors (Lipinski definition) is 1. The Morgan fingerprint density at radius 2 is 1.68 bits per heavy atom. The van der Waals surface area contributed by atoms with Crippen LogP contribution < -0.4 is 14.8 Å². The summed E-state index contributed by atoms with van der Waals surface area (Å²) in [4.78, 5) is 30.8. The molecule has 1 unspecified atom stereocenters. The minimum Gasteiger partial charge on any atom is -0.454 e. The number of nitrogens with zero attached hydrogens (tertiary/aromatic N) is 2. The summed E-state index contributed by atoms with van der Waals surface area (Å²) in [5.74, 6) is 1.49. The lowest BCUT2D eigenvalue weighted by molar-refractivity contribution is -0.134. The van der Waals surface area contributed by atoms with E-state index in [0.29, 0.717) is 55.2 Å². The fourth-order valence-electron chi connectivity index (χ4n) is 5.57. The number of rotatable bonds is 5. The lowest BCUT2D eigenvalue weighted by Gasteiger charge is -2.44. The number of carbonyl (C=O) groups excluding carboxylic acids is 2. The molecule has 0 aliphatic carbocycles. The van der Waals surface area contributed by atoms with Crippen molar-refractivity contribution in [3.8, 4) is 11.5 Å². The van der Waals surface area contributed by atoms with Gasteiger partial charge in [-0.05, 0) is 53.9 Å². The van der Waals surface area contributed by atoms with Gasteiger partial charge in [0.2, 0.25) is 12.7 Å². The monoisotopic (exact) mass is 517 g/mol. The number of hydrogen-bond acceptors (Lipinski definition) is 5. The lowest BCUT2D eigenvalue weighted by atomic mass is 9.94. The molecule has 0 saturated carbocycles. The maximum Gasteiger partial charge on any atom is 0.253 e. The summed E-state index contributed by atoms with van der Waals surface area (Å²) in [6, 6.07) is 22.6. The summed E-state index contributed by atoms with van der Waals surface area (Å²) in [5, 5.41) is 4.30. The van der Waals surface area contributed by atoms with E-state index in [0.717, 1.165) is 16.9 Å². The van der Waals surface area contributed by atoms with Gasteiger partial charge in [0.1, 0.15) is 0 Å². The predicted octanol–water partition coefficient (Wildman–Crippen LogP) is 4.24. The van der Waals surface area contributed by atoms with E-state index < -0.39 is 5.66 Å². The van der Waals surface area contributed by atoms with E-state index in [9.17, 15) is 9.59 Å². The topological polar surface area (TPSA) is 71.1 Å². The van der Waals surface area contributed by atoms with Crippen molar-refractivity contribution < 1.29 is 19.1 Å². The Morgan fingerprint density at radius 1 is 0.946 bits per heavy atom. The summed E-state index contributed by atoms with van der Waals surface area (Å²) < 4.78 is 11.0. The smallest absolute Gasteiger partial charge is 0.253 e. The van der Waals surface area contributed by atoms with Crippen molar-refractivity contribution >= 4 is 23.4 Å². The Kier molecular flexibility index (Phi) is 6.26. The summed E-state index contributed by atoms with van der Waals surface area (Å²) in [7, 11) is 0. The quantitative estimate of drug-likeness (QED) is 0.548. The molecule has 2 amide bonds. The fraction of sp³-hybridized carbons (Fsp3) is 0.310. The van der Waals surface area contributed by atoms with E-state index in [2.05, 4.69) is 17.4 Å². The molecule has 6 rings (SSSR count). The molecular formula is C29H28ClN3O4. The summed E-state index contributed by atoms with van der Waals surface area (Å²) in [6.07, 6.45) is 1.91. The highest BCUT2D eigenvalue weighted by atomic mass is 35.5. The molecule has 37 heavy (non-hydrogen) atoms. The van der Waals surface area contributed by atoms with Gasteiger partial charge >= 0.3 is 0 Å². The predicted molar refractivity (Wildman–Crippen MR) is 140 cm³/mol. The van der Waals surface area contributed by atoms with Gasteiger partial charge in [-0.2, -0.15) is 0 Å². The number of carbonyl (C=O) groups is 2. The highest BCUT2D eigenvalue weighted by Gasteiger charge is 2.51. The maximum atomic E-state index is 13.8. The van der Waals surface area contributed by atoms with Crippen molar-refractivity contribution in [2.24, 2.45) is 0 Å². The molecule has 1 spiro atoms. The second-order valence-electron chi connectivity index (χ2n) is 9.83. The number of halogens is 1. The lowest BCUT2D eigenvalue weighted by Crippen LogP contribution is -2.59. The molecular weight excluding hydrogens is 490 g/mol. The summed E-state index contributed by atoms with van der Waals surface area (Å²) >= 11 is 6.00. The Hall–Kier alpha value is -3.55. The maximum absolute atomic E-state index is 13.8. The molecule has 3 aromatic rings. The van der Waals surface area contributed by atoms with Crippen molar-refractivity contribution in [3.63, 3.8) is 0 Å². The second kappa shape index (κ2) is 9.72. The molecule has 0 aromatic heterocycles. The molecule has 190 valence electrons. The average molecular weight is 518 g/mol. The minimum absolute atomic E-state index is 0.0148. The number of likely N-dealkylation sites (tertiary alicyclic amines) is 1. The molecule has 3 aliphatic heterocycles. The highest BCUT2D eigenvalue weighted by Crippen LogP contribution is 2.37. The molecule has 2 fully saturated rings. The Bertz CT molecular complexity index is 1310. The summed E-state index contributed by atoms with van der Waals surface area (Å²) in [6.45, 7) is 1.78. The van der Waals surface area contributed by atoms with Gasteiger partial charge < -0.3 is 19.3 Å². The van der Waals surface area contributed by atoms with Crippen molar-refractivity contribution in [2.45, 2.75) is 37.5 Å². The molecule has 1 N–H and O–H groups in total. The first-order chi connectivity index (χ1) is 18.0. The first-order valence-electron chi connectivity index (χ1n) is 12.6. The molecule has 2 saturated heterocycles. The SMILES string of the molecule is O=C(c1ccc(Cl)cc1)N1CCC2(CC1)NC(Cc1ccccc1)C(=O)N2Cc1ccc2c(c1)OCO2. The first-order valence-corrected chi connectivity index (χ1v) is 13.0. The Labute approximate surface area is 220 Å². The number of piperidine rings is 1. The fourth-order valence-corrected chi connectivity index (χ4v) is 5.70. The van der Waals surface area contributed by atoms with Crippen LogP contribution in [0.4, 0.5) is 0 Å². The average Bonchev–Trinajstić information content (AvgIpc) is 3.48. The molecule has 0 bridgehead atoms. The van der Waals surface area contributed by atoms with Crippen LogP contribution in [0, 0.1) is 0 Å². The Morgan fingerprint density at radius 3 is 2.43 bits per heavy atom. The molecule has 0 radical (unpaired) electrons. The third-order valence-electron chi connectivity index (χ3n) is 7.55. The van der Waals surface area contributed by atoms with Crippen LogP contribution in [0.3, 0.4) is 0 Å². The largest absolute Gasteiger partial charge is 0.454 e. The van der Waals surface area contributed by atoms with Crippen molar-refractivity contribution in [2.75, 3.05) is 19.9 Å². The molecule has 7 nitrogen and oxygen atoms in total. The van der Waals surface area contributed by atoms with E-state index in [1.807, 2.05) is 46.2 Å². The molecule has 1 atom stereocenters. The van der Waals surface area contributed by atoms with E-state index in [1.165, 1.54) is 0 Å². The zero-order chi connectivity index (χ0) is 25.4. The van der Waals surface area contributed by atoms with Crippen molar-refractivity contribution in [1.29, 1.82) is 0 Å². The number of nitrogens with one attached hydrogen (secondary N) is 1. The number of fused-ring (bicyclic) bond motifs is 1.